The van der Waals surface area contributed by atoms with E-state index in [-0.39, 0.29) is 17.6 Å². The van der Waals surface area contributed by atoms with E-state index in [4.69, 9.17) is 4.74 Å². The lowest BCUT2D eigenvalue weighted by molar-refractivity contribution is 0.0696. The lowest BCUT2D eigenvalue weighted by atomic mass is 9.77. The first-order valence-electron chi connectivity index (χ1n) is 6.76. The first-order chi connectivity index (χ1) is 9.84. The number of ether oxygens (including phenoxy) is 1. The Labute approximate surface area is 127 Å². The topological polar surface area (TPSA) is 75.6 Å². The van der Waals surface area contributed by atoms with Crippen molar-refractivity contribution >= 4 is 28.4 Å². The molecule has 1 aromatic heterocycles. The highest BCUT2D eigenvalue weighted by Crippen LogP contribution is 2.43. The maximum absolute atomic E-state index is 11.6. The molecule has 1 amide bonds. The third kappa shape index (κ3) is 3.44. The number of carbonyl (C=O) groups excluding carboxylic acids is 1. The monoisotopic (exact) mass is 309 g/mol. The molecule has 0 radical (unpaired) electrons. The predicted molar refractivity (Wildman–Crippen MR) is 82.3 cm³/mol. The smallest absolute Gasteiger partial charge is 0.412 e. The molecule has 0 spiro atoms. The Balaban J connectivity index is 2.29. The van der Waals surface area contributed by atoms with Crippen molar-refractivity contribution in [2.45, 2.75) is 33.1 Å². The van der Waals surface area contributed by atoms with E-state index >= 15 is 0 Å². The van der Waals surface area contributed by atoms with Crippen molar-refractivity contribution < 1.29 is 19.4 Å². The zero-order valence-corrected chi connectivity index (χ0v) is 13.0. The summed E-state index contributed by atoms with van der Waals surface area (Å²) in [6.45, 7) is 7.88. The van der Waals surface area contributed by atoms with E-state index in [1.165, 1.54) is 17.4 Å². The van der Waals surface area contributed by atoms with E-state index in [0.29, 0.717) is 5.00 Å². The Kier molecular flexibility index (Phi) is 4.37. The van der Waals surface area contributed by atoms with Crippen LogP contribution in [0.15, 0.2) is 12.7 Å². The Bertz CT molecular complexity index is 589. The van der Waals surface area contributed by atoms with Crippen LogP contribution in [-0.2, 0) is 17.6 Å². The van der Waals surface area contributed by atoms with E-state index < -0.39 is 12.1 Å². The van der Waals surface area contributed by atoms with Gasteiger partial charge in [0.2, 0.25) is 0 Å². The van der Waals surface area contributed by atoms with Crippen molar-refractivity contribution in [1.29, 1.82) is 0 Å². The molecule has 0 atom stereocenters. The number of anilines is 1. The summed E-state index contributed by atoms with van der Waals surface area (Å²) in [7, 11) is 0. The van der Waals surface area contributed by atoms with Crippen LogP contribution >= 0.6 is 11.3 Å². The second-order valence-corrected chi connectivity index (χ2v) is 6.97. The minimum absolute atomic E-state index is 0.0896. The lowest BCUT2D eigenvalue weighted by Crippen LogP contribution is -2.22. The fourth-order valence-corrected chi connectivity index (χ4v) is 3.97. The Morgan fingerprint density at radius 1 is 1.52 bits per heavy atom. The molecule has 1 aliphatic rings. The summed E-state index contributed by atoms with van der Waals surface area (Å²) in [5.74, 6) is -1.01. The number of hydrogen-bond donors (Lipinski definition) is 2. The van der Waals surface area contributed by atoms with Gasteiger partial charge in [-0.05, 0) is 30.2 Å². The highest BCUT2D eigenvalue weighted by molar-refractivity contribution is 7.17. The molecule has 2 rings (SSSR count). The molecule has 1 aromatic rings. The van der Waals surface area contributed by atoms with Gasteiger partial charge in [-0.25, -0.2) is 9.59 Å². The van der Waals surface area contributed by atoms with Crippen LogP contribution in [-0.4, -0.2) is 23.8 Å². The molecule has 114 valence electrons. The van der Waals surface area contributed by atoms with Gasteiger partial charge in [0.05, 0.1) is 5.56 Å². The first kappa shape index (κ1) is 15.6. The SMILES string of the molecule is C=CCOC(=O)Nc1sc2c(c1C(=O)O)CCC(C)(C)C2. The Morgan fingerprint density at radius 2 is 2.24 bits per heavy atom. The highest BCUT2D eigenvalue weighted by atomic mass is 32.1. The molecule has 1 heterocycles. The molecular weight excluding hydrogens is 290 g/mol. The molecule has 0 aromatic carbocycles. The number of amides is 1. The van der Waals surface area contributed by atoms with E-state index in [1.54, 1.807) is 0 Å². The number of carbonyl (C=O) groups is 2. The number of nitrogens with one attached hydrogen (secondary N) is 1. The van der Waals surface area contributed by atoms with Crippen molar-refractivity contribution in [2.24, 2.45) is 5.41 Å². The minimum atomic E-state index is -1.01. The quantitative estimate of drug-likeness (QED) is 0.832. The molecule has 1 aliphatic carbocycles. The number of hydrogen-bond acceptors (Lipinski definition) is 4. The van der Waals surface area contributed by atoms with Crippen molar-refractivity contribution in [3.05, 3.63) is 28.7 Å². The number of carboxylic acid groups (broad SMARTS) is 1. The van der Waals surface area contributed by atoms with Crippen molar-refractivity contribution in [3.8, 4) is 0 Å². The summed E-state index contributed by atoms with van der Waals surface area (Å²) in [6, 6.07) is 0. The average molecular weight is 309 g/mol. The molecule has 0 fully saturated rings. The number of carboxylic acids is 1. The van der Waals surface area contributed by atoms with Gasteiger partial charge in [0, 0.05) is 4.88 Å². The van der Waals surface area contributed by atoms with Crippen LogP contribution in [0.25, 0.3) is 0 Å². The maximum atomic E-state index is 11.6. The second-order valence-electron chi connectivity index (χ2n) is 5.87. The summed E-state index contributed by atoms with van der Waals surface area (Å²) < 4.78 is 4.85. The number of rotatable bonds is 4. The molecule has 6 heteroatoms. The van der Waals surface area contributed by atoms with Gasteiger partial charge in [0.15, 0.2) is 0 Å². The van der Waals surface area contributed by atoms with E-state index in [9.17, 15) is 14.7 Å². The van der Waals surface area contributed by atoms with Gasteiger partial charge in [-0.2, -0.15) is 0 Å². The molecule has 2 N–H and O–H groups in total. The fourth-order valence-electron chi connectivity index (χ4n) is 2.48. The maximum Gasteiger partial charge on any atom is 0.412 e. The summed E-state index contributed by atoms with van der Waals surface area (Å²) in [5, 5.41) is 12.3. The lowest BCUT2D eigenvalue weighted by Gasteiger charge is -2.29. The van der Waals surface area contributed by atoms with Crippen LogP contribution in [0, 0.1) is 5.41 Å². The molecule has 0 saturated heterocycles. The van der Waals surface area contributed by atoms with Gasteiger partial charge in [-0.1, -0.05) is 26.5 Å². The number of aromatic carboxylic acids is 1. The van der Waals surface area contributed by atoms with Gasteiger partial charge >= 0.3 is 12.1 Å². The van der Waals surface area contributed by atoms with Gasteiger partial charge in [0.1, 0.15) is 11.6 Å². The van der Waals surface area contributed by atoms with Crippen LogP contribution in [0.2, 0.25) is 0 Å². The minimum Gasteiger partial charge on any atom is -0.478 e. The molecule has 5 nitrogen and oxygen atoms in total. The molecule has 0 aliphatic heterocycles. The molecule has 0 bridgehead atoms. The van der Waals surface area contributed by atoms with Crippen molar-refractivity contribution in [3.63, 3.8) is 0 Å². The van der Waals surface area contributed by atoms with Crippen LogP contribution < -0.4 is 5.32 Å². The fraction of sp³-hybridized carbons (Fsp3) is 0.467. The highest BCUT2D eigenvalue weighted by Gasteiger charge is 2.32. The summed E-state index contributed by atoms with van der Waals surface area (Å²) >= 11 is 1.34. The molecule has 21 heavy (non-hydrogen) atoms. The van der Waals surface area contributed by atoms with Crippen molar-refractivity contribution in [1.82, 2.24) is 0 Å². The van der Waals surface area contributed by atoms with Gasteiger partial charge in [-0.3, -0.25) is 5.32 Å². The standard InChI is InChI=1S/C15H19NO4S/c1-4-7-20-14(19)16-12-11(13(17)18)9-5-6-15(2,3)8-10(9)21-12/h4H,1,5-8H2,2-3H3,(H,16,19)(H,17,18). The number of fused-ring (bicyclic) bond motifs is 1. The van der Waals surface area contributed by atoms with E-state index in [2.05, 4.69) is 25.7 Å². The van der Waals surface area contributed by atoms with Crippen LogP contribution in [0.1, 0.15) is 41.1 Å². The largest absolute Gasteiger partial charge is 0.478 e. The van der Waals surface area contributed by atoms with Gasteiger partial charge in [-0.15, -0.1) is 11.3 Å². The Hall–Kier alpha value is -1.82. The Morgan fingerprint density at radius 3 is 2.86 bits per heavy atom. The summed E-state index contributed by atoms with van der Waals surface area (Å²) in [4.78, 5) is 24.2. The zero-order chi connectivity index (χ0) is 15.6. The number of thiophene rings is 1. The second kappa shape index (κ2) is 5.89. The third-order valence-corrected chi connectivity index (χ3v) is 4.69. The van der Waals surface area contributed by atoms with Crippen molar-refractivity contribution in [2.75, 3.05) is 11.9 Å². The van der Waals surface area contributed by atoms with Crippen LogP contribution in [0.4, 0.5) is 9.80 Å². The van der Waals surface area contributed by atoms with E-state index in [0.717, 1.165) is 29.7 Å². The van der Waals surface area contributed by atoms with Crippen LogP contribution in [0.5, 0.6) is 0 Å². The van der Waals surface area contributed by atoms with Gasteiger partial charge < -0.3 is 9.84 Å². The third-order valence-electron chi connectivity index (χ3n) is 3.54. The summed E-state index contributed by atoms with van der Waals surface area (Å²) in [5.41, 5.74) is 1.22. The molecule has 0 unspecified atom stereocenters. The zero-order valence-electron chi connectivity index (χ0n) is 12.2. The average Bonchev–Trinajstić information content (AvgIpc) is 2.71. The molecular formula is C15H19NO4S. The van der Waals surface area contributed by atoms with Crippen LogP contribution in [0.3, 0.4) is 0 Å². The predicted octanol–water partition coefficient (Wildman–Crippen LogP) is 3.70. The molecule has 0 saturated carbocycles. The summed E-state index contributed by atoms with van der Waals surface area (Å²) in [6.07, 6.45) is 3.30. The normalized spacial score (nSPS) is 15.9. The first-order valence-corrected chi connectivity index (χ1v) is 7.58. The van der Waals surface area contributed by atoms with E-state index in [1.807, 2.05) is 0 Å². The van der Waals surface area contributed by atoms with Gasteiger partial charge in [0.25, 0.3) is 0 Å².